The third-order valence-corrected chi connectivity index (χ3v) is 5.10. The van der Waals surface area contributed by atoms with Gasteiger partial charge in [-0.3, -0.25) is 0 Å². The predicted octanol–water partition coefficient (Wildman–Crippen LogP) is 5.37. The Bertz CT molecular complexity index is 224. The first-order valence-electron chi connectivity index (χ1n) is 10.3. The van der Waals surface area contributed by atoms with Gasteiger partial charge in [0.1, 0.15) is 0 Å². The minimum Gasteiger partial charge on any atom is -0.314 e. The summed E-state index contributed by atoms with van der Waals surface area (Å²) in [6.07, 6.45) is 18.2. The van der Waals surface area contributed by atoms with Crippen LogP contribution in [0.3, 0.4) is 0 Å². The topological polar surface area (TPSA) is 15.3 Å². The maximum atomic E-state index is 3.87. The van der Waals surface area contributed by atoms with Crippen molar-refractivity contribution in [1.82, 2.24) is 10.2 Å². The highest BCUT2D eigenvalue weighted by Crippen LogP contribution is 2.12. The smallest absolute Gasteiger partial charge is 0.00670 e. The van der Waals surface area contributed by atoms with E-state index in [-0.39, 0.29) is 0 Å². The second-order valence-corrected chi connectivity index (χ2v) is 7.25. The van der Waals surface area contributed by atoms with Gasteiger partial charge in [0, 0.05) is 6.04 Å². The second-order valence-electron chi connectivity index (χ2n) is 7.25. The average Bonchev–Trinajstić information content (AvgIpc) is 2.56. The Hall–Kier alpha value is -0.0800. The molecule has 1 aliphatic heterocycles. The largest absolute Gasteiger partial charge is 0.314 e. The summed E-state index contributed by atoms with van der Waals surface area (Å²) in [5, 5.41) is 3.87. The zero-order valence-corrected chi connectivity index (χ0v) is 15.5. The van der Waals surface area contributed by atoms with Gasteiger partial charge >= 0.3 is 0 Å². The zero-order chi connectivity index (χ0) is 15.9. The molecule has 1 N–H and O–H groups in total. The van der Waals surface area contributed by atoms with Crippen LogP contribution >= 0.6 is 0 Å². The summed E-state index contributed by atoms with van der Waals surface area (Å²) in [5.74, 6) is 0. The van der Waals surface area contributed by atoms with E-state index in [0.29, 0.717) is 0 Å². The molecule has 1 aliphatic rings. The fourth-order valence-electron chi connectivity index (χ4n) is 3.60. The molecule has 2 heteroatoms. The minimum absolute atomic E-state index is 0.782. The van der Waals surface area contributed by atoms with Crippen molar-refractivity contribution in [3.8, 4) is 0 Å². The van der Waals surface area contributed by atoms with E-state index in [9.17, 15) is 0 Å². The van der Waals surface area contributed by atoms with Crippen molar-refractivity contribution in [2.45, 2.75) is 103 Å². The minimum atomic E-state index is 0.782. The summed E-state index contributed by atoms with van der Waals surface area (Å²) in [6.45, 7) is 9.83. The average molecular weight is 311 g/mol. The lowest BCUT2D eigenvalue weighted by Crippen LogP contribution is -2.35. The van der Waals surface area contributed by atoms with E-state index in [1.54, 1.807) is 0 Å². The summed E-state index contributed by atoms with van der Waals surface area (Å²) in [7, 11) is 0. The number of nitrogens with zero attached hydrogens (tertiary/aromatic N) is 1. The maximum Gasteiger partial charge on any atom is 0.00670 e. The molecule has 1 fully saturated rings. The van der Waals surface area contributed by atoms with Crippen molar-refractivity contribution < 1.29 is 0 Å². The molecule has 0 bridgehead atoms. The van der Waals surface area contributed by atoms with Crippen LogP contribution in [0.25, 0.3) is 0 Å². The molecule has 0 aromatic carbocycles. The molecule has 2 nitrogen and oxygen atoms in total. The van der Waals surface area contributed by atoms with E-state index >= 15 is 0 Å². The van der Waals surface area contributed by atoms with Crippen LogP contribution in [0.1, 0.15) is 97.3 Å². The van der Waals surface area contributed by atoms with E-state index in [4.69, 9.17) is 0 Å². The molecule has 0 saturated carbocycles. The third-order valence-electron chi connectivity index (χ3n) is 5.10. The second kappa shape index (κ2) is 14.5. The monoisotopic (exact) mass is 310 g/mol. The van der Waals surface area contributed by atoms with Crippen molar-refractivity contribution in [2.75, 3.05) is 26.2 Å². The van der Waals surface area contributed by atoms with E-state index < -0.39 is 0 Å². The van der Waals surface area contributed by atoms with Crippen LogP contribution in [-0.2, 0) is 0 Å². The van der Waals surface area contributed by atoms with Crippen LogP contribution < -0.4 is 5.32 Å². The van der Waals surface area contributed by atoms with Gasteiger partial charge in [-0.05, 0) is 58.3 Å². The number of nitrogens with one attached hydrogen (secondary N) is 1. The van der Waals surface area contributed by atoms with Crippen molar-refractivity contribution >= 4 is 0 Å². The standard InChI is InChI=1S/C20H42N2/c1-3-5-7-10-15-20(14-9-6-4-2)21-16-13-19-22-17-11-8-12-18-22/h20-21H,3-19H2,1-2H3. The number of unbranched alkanes of at least 4 members (excludes halogenated alkanes) is 5. The Morgan fingerprint density at radius 3 is 2.09 bits per heavy atom. The molecule has 0 spiro atoms. The van der Waals surface area contributed by atoms with Gasteiger partial charge in [0.15, 0.2) is 0 Å². The highest BCUT2D eigenvalue weighted by Gasteiger charge is 2.10. The van der Waals surface area contributed by atoms with Gasteiger partial charge in [-0.2, -0.15) is 0 Å². The normalized spacial score (nSPS) is 17.7. The lowest BCUT2D eigenvalue weighted by atomic mass is 10.0. The molecule has 0 aromatic rings. The Morgan fingerprint density at radius 2 is 1.41 bits per heavy atom. The fourth-order valence-corrected chi connectivity index (χ4v) is 3.60. The summed E-state index contributed by atoms with van der Waals surface area (Å²) >= 11 is 0. The van der Waals surface area contributed by atoms with Crippen molar-refractivity contribution in [2.24, 2.45) is 0 Å². The van der Waals surface area contributed by atoms with Crippen LogP contribution in [0, 0.1) is 0 Å². The number of piperidine rings is 1. The quantitative estimate of drug-likeness (QED) is 0.434. The van der Waals surface area contributed by atoms with Crippen LogP contribution in [0.2, 0.25) is 0 Å². The Morgan fingerprint density at radius 1 is 0.773 bits per heavy atom. The molecule has 22 heavy (non-hydrogen) atoms. The molecule has 1 saturated heterocycles. The number of hydrogen-bond acceptors (Lipinski definition) is 2. The fraction of sp³-hybridized carbons (Fsp3) is 1.00. The van der Waals surface area contributed by atoms with Gasteiger partial charge in [0.25, 0.3) is 0 Å². The van der Waals surface area contributed by atoms with Crippen molar-refractivity contribution in [3.05, 3.63) is 0 Å². The van der Waals surface area contributed by atoms with Gasteiger partial charge in [-0.1, -0.05) is 65.2 Å². The van der Waals surface area contributed by atoms with Gasteiger partial charge in [0.05, 0.1) is 0 Å². The Labute approximate surface area is 140 Å². The Balaban J connectivity index is 2.09. The van der Waals surface area contributed by atoms with Gasteiger partial charge in [-0.25, -0.2) is 0 Å². The van der Waals surface area contributed by atoms with Gasteiger partial charge in [-0.15, -0.1) is 0 Å². The van der Waals surface area contributed by atoms with E-state index in [2.05, 4.69) is 24.1 Å². The molecule has 1 atom stereocenters. The van der Waals surface area contributed by atoms with Gasteiger partial charge in [0.2, 0.25) is 0 Å². The van der Waals surface area contributed by atoms with Crippen molar-refractivity contribution in [1.29, 1.82) is 0 Å². The highest BCUT2D eigenvalue weighted by atomic mass is 15.1. The lowest BCUT2D eigenvalue weighted by Gasteiger charge is -2.27. The number of rotatable bonds is 14. The first-order chi connectivity index (χ1) is 10.9. The molecule has 1 heterocycles. The van der Waals surface area contributed by atoms with Crippen molar-refractivity contribution in [3.63, 3.8) is 0 Å². The predicted molar refractivity (Wildman–Crippen MR) is 99.6 cm³/mol. The number of hydrogen-bond donors (Lipinski definition) is 1. The number of likely N-dealkylation sites (tertiary alicyclic amines) is 1. The molecule has 132 valence electrons. The van der Waals surface area contributed by atoms with E-state index in [0.717, 1.165) is 6.04 Å². The van der Waals surface area contributed by atoms with Crippen LogP contribution in [0.15, 0.2) is 0 Å². The SMILES string of the molecule is CCCCCCC(CCCCC)NCCCN1CCCCC1. The lowest BCUT2D eigenvalue weighted by molar-refractivity contribution is 0.224. The highest BCUT2D eigenvalue weighted by molar-refractivity contribution is 4.69. The molecule has 1 unspecified atom stereocenters. The van der Waals surface area contributed by atoms with Crippen LogP contribution in [0.5, 0.6) is 0 Å². The summed E-state index contributed by atoms with van der Waals surface area (Å²) in [4.78, 5) is 2.67. The Kier molecular flexibility index (Phi) is 13.2. The third kappa shape index (κ3) is 10.6. The molecule has 0 aromatic heterocycles. The summed E-state index contributed by atoms with van der Waals surface area (Å²) in [5.41, 5.74) is 0. The summed E-state index contributed by atoms with van der Waals surface area (Å²) in [6, 6.07) is 0.782. The van der Waals surface area contributed by atoms with Gasteiger partial charge < -0.3 is 10.2 Å². The summed E-state index contributed by atoms with van der Waals surface area (Å²) < 4.78 is 0. The first kappa shape index (κ1) is 20.0. The van der Waals surface area contributed by atoms with E-state index in [1.807, 2.05) is 0 Å². The van der Waals surface area contributed by atoms with Crippen LogP contribution in [0.4, 0.5) is 0 Å². The molecule has 0 radical (unpaired) electrons. The van der Waals surface area contributed by atoms with Crippen LogP contribution in [-0.4, -0.2) is 37.1 Å². The maximum absolute atomic E-state index is 3.87. The molecular weight excluding hydrogens is 268 g/mol. The molecule has 1 rings (SSSR count). The molecular formula is C20H42N2. The first-order valence-corrected chi connectivity index (χ1v) is 10.3. The van der Waals surface area contributed by atoms with E-state index in [1.165, 1.54) is 110 Å². The zero-order valence-electron chi connectivity index (χ0n) is 15.5. The molecule has 0 amide bonds. The molecule has 0 aliphatic carbocycles.